The second-order valence-electron chi connectivity index (χ2n) is 11.0. The molecule has 9 heteroatoms. The molecule has 2 aliphatic carbocycles. The number of hydrogen-bond acceptors (Lipinski definition) is 9. The van der Waals surface area contributed by atoms with Crippen molar-refractivity contribution in [2.45, 2.75) is 76.5 Å². The lowest BCUT2D eigenvalue weighted by molar-refractivity contribution is -0.234. The van der Waals surface area contributed by atoms with Crippen molar-refractivity contribution in [2.75, 3.05) is 19.8 Å². The number of epoxide rings is 1. The second-order valence-corrected chi connectivity index (χ2v) is 11.0. The van der Waals surface area contributed by atoms with Gasteiger partial charge in [-0.2, -0.15) is 0 Å². The third-order valence-electron chi connectivity index (χ3n) is 9.12. The van der Waals surface area contributed by atoms with E-state index >= 15 is 0 Å². The molecule has 0 aromatic heterocycles. The average molecular weight is 503 g/mol. The van der Waals surface area contributed by atoms with Gasteiger partial charge in [-0.3, -0.25) is 0 Å². The van der Waals surface area contributed by atoms with Crippen molar-refractivity contribution in [2.24, 2.45) is 16.7 Å². The number of cyclic esters (lactones) is 2. The zero-order chi connectivity index (χ0) is 25.7. The summed E-state index contributed by atoms with van der Waals surface area (Å²) in [4.78, 5) is 37.6. The summed E-state index contributed by atoms with van der Waals surface area (Å²) in [5.74, 6) is -2.34. The zero-order valence-corrected chi connectivity index (χ0v) is 20.9. The Kier molecular flexibility index (Phi) is 6.37. The average Bonchev–Trinajstić information content (AvgIpc) is 3.62. The summed E-state index contributed by atoms with van der Waals surface area (Å²) in [6, 6.07) is 0. The number of carbonyl (C=O) groups is 3. The van der Waals surface area contributed by atoms with Crippen LogP contribution in [-0.4, -0.2) is 72.9 Å². The topological polar surface area (TPSA) is 121 Å². The standard InChI is InChI=1S/C27H34O9/c1-16-8-10-26-14-33-24(31)23(30)17(2)9-11-32-21(28)6-4-5-7-22(29)36-18-13-20(35-19(26)12-16)27(15-34-27)25(18,26)3/h4-7,12,17-20,23,30H,8-11,13-15H2,1-3H3/b6-4+,7-5+/t17-,18-,19-,20-,23-,25-,26+,27-/m0/s1. The van der Waals surface area contributed by atoms with E-state index in [9.17, 15) is 19.5 Å². The largest absolute Gasteiger partial charge is 0.463 e. The lowest BCUT2D eigenvalue weighted by atomic mass is 9.51. The van der Waals surface area contributed by atoms with Gasteiger partial charge in [0.1, 0.15) is 18.3 Å². The van der Waals surface area contributed by atoms with E-state index in [0.717, 1.165) is 6.42 Å². The Morgan fingerprint density at radius 2 is 1.75 bits per heavy atom. The minimum absolute atomic E-state index is 0.00000344. The van der Waals surface area contributed by atoms with Gasteiger partial charge in [0, 0.05) is 24.0 Å². The Morgan fingerprint density at radius 1 is 1.03 bits per heavy atom. The molecule has 5 rings (SSSR count). The third kappa shape index (κ3) is 3.83. The molecule has 2 saturated heterocycles. The number of rotatable bonds is 0. The van der Waals surface area contributed by atoms with Crippen molar-refractivity contribution in [1.29, 1.82) is 0 Å². The predicted octanol–water partition coefficient (Wildman–Crippen LogP) is 2.17. The van der Waals surface area contributed by atoms with Crippen molar-refractivity contribution >= 4 is 17.9 Å². The van der Waals surface area contributed by atoms with Crippen LogP contribution in [0.25, 0.3) is 0 Å². The minimum Gasteiger partial charge on any atom is -0.463 e. The summed E-state index contributed by atoms with van der Waals surface area (Å²) < 4.78 is 29.6. The lowest BCUT2D eigenvalue weighted by Gasteiger charge is -2.58. The fourth-order valence-electron chi connectivity index (χ4n) is 6.65. The molecule has 0 amide bonds. The molecule has 0 radical (unpaired) electrons. The number of aliphatic hydroxyl groups excluding tert-OH is 1. The maximum Gasteiger partial charge on any atom is 0.335 e. The Morgan fingerprint density at radius 3 is 2.47 bits per heavy atom. The van der Waals surface area contributed by atoms with E-state index in [-0.39, 0.29) is 31.8 Å². The molecule has 2 spiro atoms. The highest BCUT2D eigenvalue weighted by Crippen LogP contribution is 2.72. The molecule has 9 nitrogen and oxygen atoms in total. The van der Waals surface area contributed by atoms with Crippen molar-refractivity contribution in [1.82, 2.24) is 0 Å². The number of carbonyl (C=O) groups excluding carboxylic acids is 3. The second kappa shape index (κ2) is 9.11. The van der Waals surface area contributed by atoms with Gasteiger partial charge in [0.25, 0.3) is 0 Å². The highest BCUT2D eigenvalue weighted by Gasteiger charge is 2.83. The van der Waals surface area contributed by atoms with E-state index in [1.807, 2.05) is 0 Å². The van der Waals surface area contributed by atoms with Crippen LogP contribution < -0.4 is 0 Å². The fraction of sp³-hybridized carbons (Fsp3) is 0.667. The SMILES string of the molecule is CC1=C[C@@H]2O[C@H]3C[C@@H]4OC(=O)/C=C/C=C/C(=O)OCC[C@H](C)[C@H](O)C(=O)OC[C@@]2(CC1)[C@@]4(C)[C@]31CO1. The van der Waals surface area contributed by atoms with Crippen LogP contribution in [0.15, 0.2) is 36.0 Å². The number of allylic oxidation sites excluding steroid dienone is 3. The molecule has 196 valence electrons. The summed E-state index contributed by atoms with van der Waals surface area (Å²) in [7, 11) is 0. The van der Waals surface area contributed by atoms with Gasteiger partial charge in [0.15, 0.2) is 6.10 Å². The van der Waals surface area contributed by atoms with Crippen LogP contribution >= 0.6 is 0 Å². The Hall–Kier alpha value is -2.49. The Bertz CT molecular complexity index is 1020. The van der Waals surface area contributed by atoms with Gasteiger partial charge in [0.2, 0.25) is 0 Å². The van der Waals surface area contributed by atoms with Crippen LogP contribution in [-0.2, 0) is 38.1 Å². The van der Waals surface area contributed by atoms with Crippen molar-refractivity contribution < 1.29 is 43.2 Å². The molecule has 5 aliphatic rings. The first kappa shape index (κ1) is 25.2. The van der Waals surface area contributed by atoms with Crippen molar-refractivity contribution in [3.8, 4) is 0 Å². The first-order chi connectivity index (χ1) is 17.1. The van der Waals surface area contributed by atoms with Gasteiger partial charge in [-0.1, -0.05) is 37.6 Å². The number of esters is 3. The molecule has 36 heavy (non-hydrogen) atoms. The van der Waals surface area contributed by atoms with Crippen molar-refractivity contribution in [3.63, 3.8) is 0 Å². The molecule has 8 atom stereocenters. The van der Waals surface area contributed by atoms with Gasteiger partial charge in [-0.05, 0) is 32.1 Å². The number of hydrogen-bond donors (Lipinski definition) is 1. The smallest absolute Gasteiger partial charge is 0.335 e. The normalized spacial score (nSPS) is 46.8. The molecule has 3 aliphatic heterocycles. The fourth-order valence-corrected chi connectivity index (χ4v) is 6.65. The molecule has 1 N–H and O–H groups in total. The van der Waals surface area contributed by atoms with E-state index in [0.29, 0.717) is 19.4 Å². The Balaban J connectivity index is 1.52. The van der Waals surface area contributed by atoms with E-state index < -0.39 is 52.5 Å². The van der Waals surface area contributed by atoms with Crippen molar-refractivity contribution in [3.05, 3.63) is 36.0 Å². The van der Waals surface area contributed by atoms with Gasteiger partial charge in [-0.15, -0.1) is 0 Å². The minimum atomic E-state index is -1.37. The van der Waals surface area contributed by atoms with Gasteiger partial charge < -0.3 is 28.8 Å². The maximum atomic E-state index is 12.9. The summed E-state index contributed by atoms with van der Waals surface area (Å²) in [5.41, 5.74) is -0.820. The first-order valence-electron chi connectivity index (χ1n) is 12.7. The molecule has 0 aromatic carbocycles. The highest BCUT2D eigenvalue weighted by atomic mass is 16.6. The number of aliphatic hydroxyl groups is 1. The molecule has 1 saturated carbocycles. The molecule has 3 fully saturated rings. The molecule has 0 aromatic rings. The molecule has 2 bridgehead atoms. The van der Waals surface area contributed by atoms with E-state index in [2.05, 4.69) is 19.9 Å². The van der Waals surface area contributed by atoms with Gasteiger partial charge in [0.05, 0.1) is 30.8 Å². The van der Waals surface area contributed by atoms with Crippen LogP contribution in [0.4, 0.5) is 0 Å². The highest BCUT2D eigenvalue weighted by molar-refractivity contribution is 5.84. The molecular formula is C27H34O9. The van der Waals surface area contributed by atoms with Crippen LogP contribution in [0, 0.1) is 16.7 Å². The van der Waals surface area contributed by atoms with Gasteiger partial charge >= 0.3 is 17.9 Å². The zero-order valence-electron chi connectivity index (χ0n) is 20.9. The van der Waals surface area contributed by atoms with E-state index in [1.165, 1.54) is 29.9 Å². The lowest BCUT2D eigenvalue weighted by Crippen LogP contribution is -2.66. The predicted molar refractivity (Wildman–Crippen MR) is 125 cm³/mol. The first-order valence-corrected chi connectivity index (χ1v) is 12.7. The Labute approximate surface area is 210 Å². The van der Waals surface area contributed by atoms with Crippen LogP contribution in [0.1, 0.15) is 46.5 Å². The summed E-state index contributed by atoms with van der Waals surface area (Å²) >= 11 is 0. The number of ether oxygens (including phenoxy) is 5. The summed E-state index contributed by atoms with van der Waals surface area (Å²) in [6.45, 7) is 6.34. The maximum absolute atomic E-state index is 12.9. The monoisotopic (exact) mass is 502 g/mol. The molecule has 0 unspecified atom stereocenters. The summed E-state index contributed by atoms with van der Waals surface area (Å²) in [6.07, 6.45) is 7.11. The van der Waals surface area contributed by atoms with Gasteiger partial charge in [-0.25, -0.2) is 14.4 Å². The summed E-state index contributed by atoms with van der Waals surface area (Å²) in [5, 5.41) is 10.6. The van der Waals surface area contributed by atoms with E-state index in [4.69, 9.17) is 23.7 Å². The van der Waals surface area contributed by atoms with Crippen LogP contribution in [0.2, 0.25) is 0 Å². The van der Waals surface area contributed by atoms with Crippen LogP contribution in [0.3, 0.4) is 0 Å². The molecular weight excluding hydrogens is 468 g/mol. The van der Waals surface area contributed by atoms with E-state index in [1.54, 1.807) is 6.92 Å². The molecule has 3 heterocycles. The third-order valence-corrected chi connectivity index (χ3v) is 9.12. The van der Waals surface area contributed by atoms with Crippen LogP contribution in [0.5, 0.6) is 0 Å². The quantitative estimate of drug-likeness (QED) is 0.230.